The minimum absolute atomic E-state index is 0. The van der Waals surface area contributed by atoms with Gasteiger partial charge in [0.25, 0.3) is 5.91 Å². The van der Waals surface area contributed by atoms with Crippen molar-refractivity contribution in [3.8, 4) is 0 Å². The van der Waals surface area contributed by atoms with Gasteiger partial charge in [-0.2, -0.15) is 0 Å². The van der Waals surface area contributed by atoms with Crippen molar-refractivity contribution in [1.82, 2.24) is 10.6 Å². The van der Waals surface area contributed by atoms with Gasteiger partial charge < -0.3 is 10.6 Å². The lowest BCUT2D eigenvalue weighted by Gasteiger charge is -2.23. The number of benzene rings is 1. The lowest BCUT2D eigenvalue weighted by molar-refractivity contribution is 0.0936. The Morgan fingerprint density at radius 1 is 1.19 bits per heavy atom. The van der Waals surface area contributed by atoms with Crippen molar-refractivity contribution >= 4 is 18.3 Å². The number of halogens is 5. The molecule has 0 radical (unpaired) electrons. The van der Waals surface area contributed by atoms with Crippen LogP contribution in [0.15, 0.2) is 6.07 Å². The van der Waals surface area contributed by atoms with Gasteiger partial charge in [-0.15, -0.1) is 12.4 Å². The summed E-state index contributed by atoms with van der Waals surface area (Å²) in [5, 5.41) is 5.42. The number of piperidine rings is 1. The number of hydrogen-bond acceptors (Lipinski definition) is 2. The van der Waals surface area contributed by atoms with Gasteiger partial charge >= 0.3 is 0 Å². The molecule has 3 nitrogen and oxygen atoms in total. The van der Waals surface area contributed by atoms with Gasteiger partial charge in [0, 0.05) is 18.7 Å². The second-order valence-electron chi connectivity index (χ2n) is 4.70. The van der Waals surface area contributed by atoms with Crippen LogP contribution in [0.1, 0.15) is 29.6 Å². The molecule has 1 aromatic rings. The van der Waals surface area contributed by atoms with Crippen molar-refractivity contribution in [2.24, 2.45) is 0 Å². The van der Waals surface area contributed by atoms with Crippen LogP contribution in [0, 0.1) is 23.3 Å². The average molecular weight is 327 g/mol. The highest BCUT2D eigenvalue weighted by atomic mass is 35.5. The van der Waals surface area contributed by atoms with Crippen LogP contribution in [0.2, 0.25) is 0 Å². The van der Waals surface area contributed by atoms with E-state index >= 15 is 0 Å². The first-order chi connectivity index (χ1) is 9.50. The van der Waals surface area contributed by atoms with E-state index in [2.05, 4.69) is 10.6 Å². The first kappa shape index (κ1) is 17.7. The molecule has 1 aliphatic heterocycles. The molecule has 118 valence electrons. The molecule has 21 heavy (non-hydrogen) atoms. The normalized spacial score (nSPS) is 18.0. The molecule has 1 atom stereocenters. The van der Waals surface area contributed by atoms with Crippen LogP contribution in [0.3, 0.4) is 0 Å². The summed E-state index contributed by atoms with van der Waals surface area (Å²) in [5.41, 5.74) is -1.22. The highest BCUT2D eigenvalue weighted by Gasteiger charge is 2.25. The van der Waals surface area contributed by atoms with Crippen LogP contribution in [0.5, 0.6) is 0 Å². The Balaban J connectivity index is 0.00000220. The SMILES string of the molecule is Cl.O=C(NCC1CCCCN1)c1c(F)c(F)cc(F)c1F. The predicted octanol–water partition coefficient (Wildman–Crippen LogP) is 2.54. The van der Waals surface area contributed by atoms with Gasteiger partial charge in [0.1, 0.15) is 5.56 Å². The summed E-state index contributed by atoms with van der Waals surface area (Å²) in [4.78, 5) is 11.7. The highest BCUT2D eigenvalue weighted by Crippen LogP contribution is 2.19. The third-order valence-electron chi connectivity index (χ3n) is 3.26. The maximum Gasteiger partial charge on any atom is 0.257 e. The lowest BCUT2D eigenvalue weighted by Crippen LogP contribution is -2.43. The Bertz CT molecular complexity index is 495. The Morgan fingerprint density at radius 3 is 2.33 bits per heavy atom. The standard InChI is InChI=1S/C13H14F4N2O.ClH/c14-8-5-9(15)12(17)10(11(8)16)13(20)19-6-7-3-1-2-4-18-7;/h5,7,18H,1-4,6H2,(H,19,20);1H. The summed E-state index contributed by atoms with van der Waals surface area (Å²) in [7, 11) is 0. The van der Waals surface area contributed by atoms with Gasteiger partial charge in [0.05, 0.1) is 0 Å². The fourth-order valence-corrected chi connectivity index (χ4v) is 2.18. The Morgan fingerprint density at radius 2 is 1.81 bits per heavy atom. The largest absolute Gasteiger partial charge is 0.350 e. The summed E-state index contributed by atoms with van der Waals surface area (Å²) in [5.74, 6) is -7.71. The Labute approximate surface area is 125 Å². The molecule has 1 aliphatic rings. The molecule has 0 saturated carbocycles. The maximum absolute atomic E-state index is 13.4. The fraction of sp³-hybridized carbons (Fsp3) is 0.462. The van der Waals surface area contributed by atoms with Crippen molar-refractivity contribution < 1.29 is 22.4 Å². The quantitative estimate of drug-likeness (QED) is 0.662. The van der Waals surface area contributed by atoms with Crippen molar-refractivity contribution in [1.29, 1.82) is 0 Å². The van der Waals surface area contributed by atoms with E-state index < -0.39 is 34.7 Å². The second kappa shape index (κ2) is 7.61. The molecule has 1 unspecified atom stereocenters. The van der Waals surface area contributed by atoms with Crippen molar-refractivity contribution in [2.45, 2.75) is 25.3 Å². The number of rotatable bonds is 3. The van der Waals surface area contributed by atoms with E-state index in [9.17, 15) is 22.4 Å². The molecule has 0 spiro atoms. The van der Waals surface area contributed by atoms with Crippen LogP contribution >= 0.6 is 12.4 Å². The lowest BCUT2D eigenvalue weighted by atomic mass is 10.0. The third kappa shape index (κ3) is 4.07. The molecule has 1 fully saturated rings. The summed E-state index contributed by atoms with van der Waals surface area (Å²) in [6, 6.07) is 0.0710. The van der Waals surface area contributed by atoms with E-state index in [1.807, 2.05) is 0 Å². The number of hydrogen-bond donors (Lipinski definition) is 2. The summed E-state index contributed by atoms with van der Waals surface area (Å²) >= 11 is 0. The van der Waals surface area contributed by atoms with Crippen LogP contribution < -0.4 is 10.6 Å². The van der Waals surface area contributed by atoms with Crippen LogP contribution in [0.25, 0.3) is 0 Å². The summed E-state index contributed by atoms with van der Waals surface area (Å²) in [6.07, 6.45) is 2.84. The molecule has 1 heterocycles. The zero-order valence-corrected chi connectivity index (χ0v) is 11.8. The van der Waals surface area contributed by atoms with Gasteiger partial charge in [-0.25, -0.2) is 17.6 Å². The minimum Gasteiger partial charge on any atom is -0.350 e. The molecule has 1 amide bonds. The molecule has 0 aromatic heterocycles. The van der Waals surface area contributed by atoms with Gasteiger partial charge in [-0.3, -0.25) is 4.79 Å². The molecular formula is C13H15ClF4N2O. The third-order valence-corrected chi connectivity index (χ3v) is 3.26. The number of carbonyl (C=O) groups excluding carboxylic acids is 1. The van der Waals surface area contributed by atoms with E-state index in [1.54, 1.807) is 0 Å². The molecule has 8 heteroatoms. The maximum atomic E-state index is 13.4. The van der Waals surface area contributed by atoms with Gasteiger partial charge in [0.15, 0.2) is 23.3 Å². The number of amides is 1. The molecule has 0 aliphatic carbocycles. The zero-order chi connectivity index (χ0) is 14.7. The molecule has 2 N–H and O–H groups in total. The highest BCUT2D eigenvalue weighted by molar-refractivity contribution is 5.94. The first-order valence-corrected chi connectivity index (χ1v) is 6.35. The Hall–Kier alpha value is -1.34. The van der Waals surface area contributed by atoms with E-state index in [1.165, 1.54) is 0 Å². The van der Waals surface area contributed by atoms with Crippen LogP contribution in [-0.2, 0) is 0 Å². The van der Waals surface area contributed by atoms with Gasteiger partial charge in [-0.1, -0.05) is 6.42 Å². The minimum atomic E-state index is -1.68. The Kier molecular flexibility index (Phi) is 6.42. The average Bonchev–Trinajstić information content (AvgIpc) is 2.44. The van der Waals surface area contributed by atoms with Gasteiger partial charge in [0.2, 0.25) is 0 Å². The molecule has 2 rings (SSSR count). The van der Waals surface area contributed by atoms with Crippen molar-refractivity contribution in [3.05, 3.63) is 34.9 Å². The van der Waals surface area contributed by atoms with E-state index in [0.717, 1.165) is 25.8 Å². The van der Waals surface area contributed by atoms with Gasteiger partial charge in [-0.05, 0) is 19.4 Å². The monoisotopic (exact) mass is 326 g/mol. The summed E-state index contributed by atoms with van der Waals surface area (Å²) in [6.45, 7) is 0.952. The van der Waals surface area contributed by atoms with Crippen LogP contribution in [0.4, 0.5) is 17.6 Å². The van der Waals surface area contributed by atoms with Crippen molar-refractivity contribution in [2.75, 3.05) is 13.1 Å². The fourth-order valence-electron chi connectivity index (χ4n) is 2.18. The number of nitrogens with one attached hydrogen (secondary N) is 2. The zero-order valence-electron chi connectivity index (χ0n) is 11.0. The summed E-state index contributed by atoms with van der Waals surface area (Å²) < 4.78 is 52.8. The molecule has 0 bridgehead atoms. The molecule has 1 aromatic carbocycles. The second-order valence-corrected chi connectivity index (χ2v) is 4.70. The molecular weight excluding hydrogens is 312 g/mol. The smallest absolute Gasteiger partial charge is 0.257 e. The first-order valence-electron chi connectivity index (χ1n) is 6.35. The number of carbonyl (C=O) groups is 1. The topological polar surface area (TPSA) is 41.1 Å². The van der Waals surface area contributed by atoms with E-state index in [4.69, 9.17) is 0 Å². The van der Waals surface area contributed by atoms with Crippen LogP contribution in [-0.4, -0.2) is 25.0 Å². The van der Waals surface area contributed by atoms with E-state index in [-0.39, 0.29) is 31.1 Å². The van der Waals surface area contributed by atoms with Crippen molar-refractivity contribution in [3.63, 3.8) is 0 Å². The predicted molar refractivity (Wildman–Crippen MR) is 71.5 cm³/mol. The molecule has 1 saturated heterocycles. The van der Waals surface area contributed by atoms with E-state index in [0.29, 0.717) is 0 Å².